The summed E-state index contributed by atoms with van der Waals surface area (Å²) in [6, 6.07) is 12.3. The number of nitrogens with zero attached hydrogens (tertiary/aromatic N) is 4. The van der Waals surface area contributed by atoms with Gasteiger partial charge in [-0.05, 0) is 31.4 Å². The van der Waals surface area contributed by atoms with E-state index in [1.54, 1.807) is 0 Å². The Balaban J connectivity index is 1.55. The lowest BCUT2D eigenvalue weighted by Gasteiger charge is -2.34. The second-order valence-corrected chi connectivity index (χ2v) is 8.21. The third-order valence-electron chi connectivity index (χ3n) is 6.14. The number of carbonyl (C=O) groups is 1. The molecule has 0 aliphatic carbocycles. The SMILES string of the molecule is CC(C(=O)N1CCCC1C1NNCC1c1ccnc(N(C)C)n1)c1ccccc1. The molecule has 1 aromatic carbocycles. The number of rotatable bonds is 5. The number of hydrogen-bond donors (Lipinski definition) is 2. The zero-order valence-electron chi connectivity index (χ0n) is 17.4. The van der Waals surface area contributed by atoms with E-state index < -0.39 is 0 Å². The minimum atomic E-state index is -0.135. The smallest absolute Gasteiger partial charge is 0.230 e. The molecule has 1 aromatic heterocycles. The molecule has 2 fully saturated rings. The molecule has 4 unspecified atom stereocenters. The molecule has 29 heavy (non-hydrogen) atoms. The van der Waals surface area contributed by atoms with Crippen LogP contribution in [0, 0.1) is 0 Å². The molecule has 7 nitrogen and oxygen atoms in total. The first-order valence-electron chi connectivity index (χ1n) is 10.4. The summed E-state index contributed by atoms with van der Waals surface area (Å²) in [5, 5.41) is 0. The summed E-state index contributed by atoms with van der Waals surface area (Å²) in [5.41, 5.74) is 8.83. The van der Waals surface area contributed by atoms with Crippen LogP contribution >= 0.6 is 0 Å². The van der Waals surface area contributed by atoms with Crippen molar-refractivity contribution in [3.05, 3.63) is 53.9 Å². The minimum absolute atomic E-state index is 0.134. The van der Waals surface area contributed by atoms with E-state index in [-0.39, 0.29) is 29.8 Å². The number of benzene rings is 1. The van der Waals surface area contributed by atoms with Crippen molar-refractivity contribution in [3.8, 4) is 0 Å². The van der Waals surface area contributed by atoms with Crippen molar-refractivity contribution in [1.29, 1.82) is 0 Å². The fourth-order valence-corrected chi connectivity index (χ4v) is 4.52. The first-order chi connectivity index (χ1) is 14.1. The Labute approximate surface area is 172 Å². The van der Waals surface area contributed by atoms with E-state index in [0.29, 0.717) is 5.95 Å². The fourth-order valence-electron chi connectivity index (χ4n) is 4.52. The van der Waals surface area contributed by atoms with Crippen LogP contribution in [0.2, 0.25) is 0 Å². The van der Waals surface area contributed by atoms with E-state index in [4.69, 9.17) is 4.98 Å². The number of amides is 1. The molecule has 2 saturated heterocycles. The van der Waals surface area contributed by atoms with E-state index in [2.05, 4.69) is 20.7 Å². The van der Waals surface area contributed by atoms with E-state index in [0.717, 1.165) is 37.2 Å². The van der Waals surface area contributed by atoms with Gasteiger partial charge in [0, 0.05) is 45.3 Å². The number of aromatic nitrogens is 2. The zero-order valence-corrected chi connectivity index (χ0v) is 17.4. The first kappa shape index (κ1) is 19.8. The van der Waals surface area contributed by atoms with Crippen molar-refractivity contribution in [2.45, 2.75) is 43.7 Å². The van der Waals surface area contributed by atoms with Crippen LogP contribution in [0.25, 0.3) is 0 Å². The Hall–Kier alpha value is -2.51. The summed E-state index contributed by atoms with van der Waals surface area (Å²) in [4.78, 5) is 26.5. The van der Waals surface area contributed by atoms with E-state index in [1.807, 2.05) is 68.5 Å². The van der Waals surface area contributed by atoms with Crippen LogP contribution in [0.5, 0.6) is 0 Å². The number of nitrogens with one attached hydrogen (secondary N) is 2. The maximum atomic E-state index is 13.3. The van der Waals surface area contributed by atoms with Gasteiger partial charge in [0.05, 0.1) is 17.7 Å². The number of anilines is 1. The number of likely N-dealkylation sites (tertiary alicyclic amines) is 1. The van der Waals surface area contributed by atoms with Crippen LogP contribution in [0.3, 0.4) is 0 Å². The maximum Gasteiger partial charge on any atom is 0.230 e. The highest BCUT2D eigenvalue weighted by Crippen LogP contribution is 2.33. The predicted molar refractivity (Wildman–Crippen MR) is 114 cm³/mol. The normalized spacial score (nSPS) is 25.2. The molecule has 0 spiro atoms. The van der Waals surface area contributed by atoms with Crippen LogP contribution < -0.4 is 15.8 Å². The topological polar surface area (TPSA) is 73.4 Å². The van der Waals surface area contributed by atoms with Crippen LogP contribution in [0.1, 0.15) is 42.9 Å². The maximum absolute atomic E-state index is 13.3. The summed E-state index contributed by atoms with van der Waals surface area (Å²) in [5.74, 6) is 0.985. The molecule has 4 atom stereocenters. The summed E-state index contributed by atoms with van der Waals surface area (Å²) in [7, 11) is 3.90. The van der Waals surface area contributed by atoms with Gasteiger partial charge in [0.1, 0.15) is 0 Å². The standard InChI is InChI=1S/C22H30N6O/c1-15(16-8-5-4-6-9-16)21(29)28-13-7-10-19(28)20-17(14-24-26-20)18-11-12-23-22(25-18)27(2)3/h4-6,8-9,11-12,15,17,19-20,24,26H,7,10,13-14H2,1-3H3. The Morgan fingerprint density at radius 1 is 1.24 bits per heavy atom. The van der Waals surface area contributed by atoms with Gasteiger partial charge in [-0.1, -0.05) is 30.3 Å². The average molecular weight is 395 g/mol. The van der Waals surface area contributed by atoms with E-state index >= 15 is 0 Å². The van der Waals surface area contributed by atoms with E-state index in [1.165, 1.54) is 0 Å². The molecule has 1 amide bonds. The Kier molecular flexibility index (Phi) is 5.78. The molecule has 2 N–H and O–H groups in total. The lowest BCUT2D eigenvalue weighted by Crippen LogP contribution is -2.50. The van der Waals surface area contributed by atoms with E-state index in [9.17, 15) is 4.79 Å². The molecule has 2 aromatic rings. The monoisotopic (exact) mass is 394 g/mol. The van der Waals surface area contributed by atoms with Crippen molar-refractivity contribution < 1.29 is 4.79 Å². The Morgan fingerprint density at radius 2 is 2.03 bits per heavy atom. The van der Waals surface area contributed by atoms with Gasteiger partial charge in [-0.3, -0.25) is 15.6 Å². The van der Waals surface area contributed by atoms with Crippen molar-refractivity contribution in [2.75, 3.05) is 32.1 Å². The Morgan fingerprint density at radius 3 is 2.79 bits per heavy atom. The first-order valence-corrected chi connectivity index (χ1v) is 10.4. The van der Waals surface area contributed by atoms with Crippen LogP contribution in [-0.4, -0.2) is 60.0 Å². The highest BCUT2D eigenvalue weighted by molar-refractivity contribution is 5.84. The molecule has 4 rings (SSSR count). The second kappa shape index (κ2) is 8.47. The largest absolute Gasteiger partial charge is 0.347 e. The fraction of sp³-hybridized carbons (Fsp3) is 0.500. The number of hydrazine groups is 1. The summed E-state index contributed by atoms with van der Waals surface area (Å²) >= 11 is 0. The van der Waals surface area contributed by atoms with Gasteiger partial charge in [0.25, 0.3) is 0 Å². The molecule has 2 aliphatic rings. The molecule has 0 saturated carbocycles. The molecule has 154 valence electrons. The van der Waals surface area contributed by atoms with Crippen molar-refractivity contribution in [2.24, 2.45) is 0 Å². The molecule has 3 heterocycles. The van der Waals surface area contributed by atoms with Gasteiger partial charge >= 0.3 is 0 Å². The lowest BCUT2D eigenvalue weighted by molar-refractivity contribution is -0.133. The average Bonchev–Trinajstić information content (AvgIpc) is 3.42. The molecular weight excluding hydrogens is 364 g/mol. The molecular formula is C22H30N6O. The third-order valence-corrected chi connectivity index (χ3v) is 6.14. The number of hydrogen-bond acceptors (Lipinski definition) is 6. The van der Waals surface area contributed by atoms with Crippen molar-refractivity contribution in [1.82, 2.24) is 25.7 Å². The summed E-state index contributed by atoms with van der Waals surface area (Å²) in [6.07, 6.45) is 3.87. The van der Waals surface area contributed by atoms with Gasteiger partial charge < -0.3 is 9.80 Å². The highest BCUT2D eigenvalue weighted by atomic mass is 16.2. The molecule has 2 aliphatic heterocycles. The lowest BCUT2D eigenvalue weighted by atomic mass is 9.90. The molecule has 0 radical (unpaired) electrons. The highest BCUT2D eigenvalue weighted by Gasteiger charge is 2.43. The van der Waals surface area contributed by atoms with Crippen molar-refractivity contribution in [3.63, 3.8) is 0 Å². The van der Waals surface area contributed by atoms with Gasteiger partial charge in [0.15, 0.2) is 0 Å². The Bertz CT molecular complexity index is 842. The number of carbonyl (C=O) groups excluding carboxylic acids is 1. The quantitative estimate of drug-likeness (QED) is 0.807. The van der Waals surface area contributed by atoms with Crippen LogP contribution in [-0.2, 0) is 4.79 Å². The van der Waals surface area contributed by atoms with Gasteiger partial charge in [0.2, 0.25) is 11.9 Å². The van der Waals surface area contributed by atoms with Crippen LogP contribution in [0.4, 0.5) is 5.95 Å². The van der Waals surface area contributed by atoms with Crippen molar-refractivity contribution >= 4 is 11.9 Å². The second-order valence-electron chi connectivity index (χ2n) is 8.21. The third kappa shape index (κ3) is 3.97. The zero-order chi connectivity index (χ0) is 20.4. The molecule has 7 heteroatoms. The van der Waals surface area contributed by atoms with Gasteiger partial charge in [-0.15, -0.1) is 0 Å². The summed E-state index contributed by atoms with van der Waals surface area (Å²) in [6.45, 7) is 3.62. The van der Waals surface area contributed by atoms with Gasteiger partial charge in [-0.25, -0.2) is 9.97 Å². The predicted octanol–water partition coefficient (Wildman–Crippen LogP) is 1.90. The van der Waals surface area contributed by atoms with Gasteiger partial charge in [-0.2, -0.15) is 0 Å². The minimum Gasteiger partial charge on any atom is -0.347 e. The molecule has 0 bridgehead atoms. The van der Waals surface area contributed by atoms with Crippen LogP contribution in [0.15, 0.2) is 42.6 Å². The summed E-state index contributed by atoms with van der Waals surface area (Å²) < 4.78 is 0.